The zero-order chi connectivity index (χ0) is 13.3. The van der Waals surface area contributed by atoms with Crippen LogP contribution in [0.3, 0.4) is 0 Å². The van der Waals surface area contributed by atoms with Gasteiger partial charge < -0.3 is 5.32 Å². The highest BCUT2D eigenvalue weighted by atomic mass is 79.9. The average Bonchev–Trinajstić information content (AvgIpc) is 2.56. The molecule has 1 aromatic rings. The van der Waals surface area contributed by atoms with Gasteiger partial charge in [-0.15, -0.1) is 11.3 Å². The summed E-state index contributed by atoms with van der Waals surface area (Å²) < 4.78 is 1.87. The van der Waals surface area contributed by atoms with Gasteiger partial charge in [0.2, 0.25) is 0 Å². The Morgan fingerprint density at radius 1 is 1.50 bits per heavy atom. The number of carbonyl (C=O) groups is 1. The lowest BCUT2D eigenvalue weighted by Gasteiger charge is -2.35. The van der Waals surface area contributed by atoms with Crippen molar-refractivity contribution < 1.29 is 4.79 Å². The summed E-state index contributed by atoms with van der Waals surface area (Å²) in [6, 6.07) is 2.18. The maximum Gasteiger partial charge on any atom is 0.253 e. The SMILES string of the molecule is CC1(C)CCCC(NC(=O)c2cc(Br)sc2Br)C1. The maximum atomic E-state index is 12.2. The van der Waals surface area contributed by atoms with Crippen molar-refractivity contribution in [3.63, 3.8) is 0 Å². The van der Waals surface area contributed by atoms with Crippen LogP contribution in [0.1, 0.15) is 49.9 Å². The summed E-state index contributed by atoms with van der Waals surface area (Å²) in [5.41, 5.74) is 1.08. The lowest BCUT2D eigenvalue weighted by molar-refractivity contribution is 0.0902. The van der Waals surface area contributed by atoms with Crippen molar-refractivity contribution in [3.8, 4) is 0 Å². The standard InChI is InChI=1S/C13H17Br2NOS/c1-13(2)5-3-4-8(7-13)16-12(17)9-6-10(14)18-11(9)15/h6,8H,3-5,7H2,1-2H3,(H,16,17). The summed E-state index contributed by atoms with van der Waals surface area (Å²) in [6.45, 7) is 4.56. The molecule has 1 unspecified atom stereocenters. The molecule has 1 atom stereocenters. The van der Waals surface area contributed by atoms with Crippen LogP contribution in [0.15, 0.2) is 13.6 Å². The highest BCUT2D eigenvalue weighted by molar-refractivity contribution is 9.12. The van der Waals surface area contributed by atoms with Crippen molar-refractivity contribution in [2.75, 3.05) is 0 Å². The minimum Gasteiger partial charge on any atom is -0.349 e. The summed E-state index contributed by atoms with van der Waals surface area (Å²) >= 11 is 8.37. The number of hydrogen-bond acceptors (Lipinski definition) is 2. The second-order valence-corrected chi connectivity index (χ2v) is 9.42. The number of nitrogens with one attached hydrogen (secondary N) is 1. The average molecular weight is 395 g/mol. The molecule has 0 aromatic carbocycles. The molecule has 100 valence electrons. The molecule has 1 amide bonds. The molecule has 0 spiro atoms. The van der Waals surface area contributed by atoms with E-state index in [1.807, 2.05) is 6.07 Å². The smallest absolute Gasteiger partial charge is 0.253 e. The van der Waals surface area contributed by atoms with Gasteiger partial charge in [-0.2, -0.15) is 0 Å². The van der Waals surface area contributed by atoms with Gasteiger partial charge >= 0.3 is 0 Å². The molecule has 5 heteroatoms. The maximum absolute atomic E-state index is 12.2. The van der Waals surface area contributed by atoms with Gasteiger partial charge in [-0.1, -0.05) is 20.3 Å². The Labute approximate surface area is 129 Å². The minimum absolute atomic E-state index is 0.0338. The predicted molar refractivity (Wildman–Crippen MR) is 83.2 cm³/mol. The molecule has 0 aliphatic heterocycles. The van der Waals surface area contributed by atoms with E-state index in [1.165, 1.54) is 24.2 Å². The Hall–Kier alpha value is 0.130. The van der Waals surface area contributed by atoms with Crippen molar-refractivity contribution in [2.45, 2.75) is 45.6 Å². The zero-order valence-corrected chi connectivity index (χ0v) is 14.5. The lowest BCUT2D eigenvalue weighted by atomic mass is 9.75. The van der Waals surface area contributed by atoms with Gasteiger partial charge in [-0.05, 0) is 62.6 Å². The van der Waals surface area contributed by atoms with Crippen LogP contribution in [-0.4, -0.2) is 11.9 Å². The van der Waals surface area contributed by atoms with E-state index in [0.717, 1.165) is 26.0 Å². The molecule has 2 nitrogen and oxygen atoms in total. The number of amides is 1. The van der Waals surface area contributed by atoms with E-state index in [1.54, 1.807) is 0 Å². The van der Waals surface area contributed by atoms with E-state index in [9.17, 15) is 4.79 Å². The molecule has 0 bridgehead atoms. The van der Waals surface area contributed by atoms with Gasteiger partial charge in [0, 0.05) is 6.04 Å². The third-order valence-electron chi connectivity index (χ3n) is 3.44. The van der Waals surface area contributed by atoms with Crippen LogP contribution in [0, 0.1) is 5.41 Å². The summed E-state index contributed by atoms with van der Waals surface area (Å²) in [6.07, 6.45) is 4.62. The van der Waals surface area contributed by atoms with E-state index < -0.39 is 0 Å². The summed E-state index contributed by atoms with van der Waals surface area (Å²) in [4.78, 5) is 12.2. The fraction of sp³-hybridized carbons (Fsp3) is 0.615. The molecule has 1 aliphatic rings. The Morgan fingerprint density at radius 3 is 2.78 bits per heavy atom. The van der Waals surface area contributed by atoms with Crippen molar-refractivity contribution >= 4 is 49.1 Å². The van der Waals surface area contributed by atoms with Crippen LogP contribution in [0.5, 0.6) is 0 Å². The van der Waals surface area contributed by atoms with E-state index >= 15 is 0 Å². The monoisotopic (exact) mass is 393 g/mol. The number of carbonyl (C=O) groups excluding carboxylic acids is 1. The van der Waals surface area contributed by atoms with Crippen LogP contribution in [0.25, 0.3) is 0 Å². The lowest BCUT2D eigenvalue weighted by Crippen LogP contribution is -2.40. The van der Waals surface area contributed by atoms with Gasteiger partial charge in [0.05, 0.1) is 13.1 Å². The molecule has 1 heterocycles. The number of hydrogen-bond donors (Lipinski definition) is 1. The molecule has 1 N–H and O–H groups in total. The van der Waals surface area contributed by atoms with Crippen LogP contribution < -0.4 is 5.32 Å². The second-order valence-electron chi connectivity index (χ2n) is 5.67. The van der Waals surface area contributed by atoms with Crippen LogP contribution in [0.2, 0.25) is 0 Å². The van der Waals surface area contributed by atoms with Crippen molar-refractivity contribution in [3.05, 3.63) is 19.2 Å². The molecular weight excluding hydrogens is 378 g/mol. The topological polar surface area (TPSA) is 29.1 Å². The van der Waals surface area contributed by atoms with Gasteiger partial charge in [-0.25, -0.2) is 0 Å². The van der Waals surface area contributed by atoms with Crippen molar-refractivity contribution in [1.82, 2.24) is 5.32 Å². The van der Waals surface area contributed by atoms with Gasteiger partial charge in [0.25, 0.3) is 5.91 Å². The number of halogens is 2. The van der Waals surface area contributed by atoms with Gasteiger partial charge in [0.15, 0.2) is 0 Å². The molecule has 18 heavy (non-hydrogen) atoms. The normalized spacial score (nSPS) is 22.8. The molecule has 0 saturated heterocycles. The van der Waals surface area contributed by atoms with E-state index in [-0.39, 0.29) is 5.91 Å². The molecule has 0 radical (unpaired) electrons. The van der Waals surface area contributed by atoms with Crippen LogP contribution >= 0.6 is 43.2 Å². The summed E-state index contributed by atoms with van der Waals surface area (Å²) in [5.74, 6) is 0.0338. The minimum atomic E-state index is 0.0338. The molecule has 2 rings (SSSR count). The van der Waals surface area contributed by atoms with Crippen LogP contribution in [-0.2, 0) is 0 Å². The molecular formula is C13H17Br2NOS. The Bertz CT molecular complexity index is 456. The third kappa shape index (κ3) is 3.58. The van der Waals surface area contributed by atoms with Crippen molar-refractivity contribution in [1.29, 1.82) is 0 Å². The first-order chi connectivity index (χ1) is 8.37. The zero-order valence-electron chi connectivity index (χ0n) is 10.6. The number of thiophene rings is 1. The predicted octanol–water partition coefficient (Wildman–Crippen LogP) is 4.97. The largest absolute Gasteiger partial charge is 0.349 e. The Morgan fingerprint density at radius 2 is 2.22 bits per heavy atom. The van der Waals surface area contributed by atoms with Gasteiger partial charge in [0.1, 0.15) is 0 Å². The second kappa shape index (κ2) is 5.63. The summed E-state index contributed by atoms with van der Waals surface area (Å²) in [7, 11) is 0. The quantitative estimate of drug-likeness (QED) is 0.753. The highest BCUT2D eigenvalue weighted by Crippen LogP contribution is 2.36. The molecule has 1 fully saturated rings. The van der Waals surface area contributed by atoms with E-state index in [4.69, 9.17) is 0 Å². The van der Waals surface area contributed by atoms with Crippen LogP contribution in [0.4, 0.5) is 0 Å². The third-order valence-corrected chi connectivity index (χ3v) is 5.78. The number of rotatable bonds is 2. The first-order valence-electron chi connectivity index (χ1n) is 6.13. The summed E-state index contributed by atoms with van der Waals surface area (Å²) in [5, 5.41) is 3.16. The highest BCUT2D eigenvalue weighted by Gasteiger charge is 2.29. The fourth-order valence-electron chi connectivity index (χ4n) is 2.58. The van der Waals surface area contributed by atoms with Gasteiger partial charge in [-0.3, -0.25) is 4.79 Å². The molecule has 1 aromatic heterocycles. The van der Waals surface area contributed by atoms with Crippen molar-refractivity contribution in [2.24, 2.45) is 5.41 Å². The molecule has 1 aliphatic carbocycles. The Kier molecular flexibility index (Phi) is 4.55. The van der Waals surface area contributed by atoms with E-state index in [0.29, 0.717) is 11.5 Å². The fourth-order valence-corrected chi connectivity index (χ4v) is 5.37. The first-order valence-corrected chi connectivity index (χ1v) is 8.53. The first kappa shape index (κ1) is 14.5. The Balaban J connectivity index is 2.01. The molecule has 1 saturated carbocycles. The van der Waals surface area contributed by atoms with E-state index in [2.05, 4.69) is 51.0 Å².